The third kappa shape index (κ3) is 3.89. The first-order valence-corrected chi connectivity index (χ1v) is 6.21. The lowest BCUT2D eigenvalue weighted by Gasteiger charge is -2.09. The Balaban J connectivity index is 2.11. The summed E-state index contributed by atoms with van der Waals surface area (Å²) >= 11 is 0. The van der Waals surface area contributed by atoms with Crippen molar-refractivity contribution in [1.82, 2.24) is 0 Å². The van der Waals surface area contributed by atoms with Crippen molar-refractivity contribution in [1.29, 1.82) is 10.7 Å². The Morgan fingerprint density at radius 3 is 2.57 bits per heavy atom. The minimum atomic E-state index is -0.866. The van der Waals surface area contributed by atoms with Crippen LogP contribution in [0.1, 0.15) is 12.8 Å². The first-order valence-electron chi connectivity index (χ1n) is 6.21. The highest BCUT2D eigenvalue weighted by Crippen LogP contribution is 2.32. The molecule has 0 radical (unpaired) electrons. The molecule has 2 rings (SSSR count). The second-order valence-corrected chi connectivity index (χ2v) is 4.62. The number of ether oxygens (including phenoxy) is 1. The third-order valence-electron chi connectivity index (χ3n) is 2.82. The number of nitrogens with zero attached hydrogens (tertiary/aromatic N) is 2. The normalized spacial score (nSPS) is 14.4. The predicted octanol–water partition coefficient (Wildman–Crippen LogP) is 1.98. The molecule has 8 heteroatoms. The van der Waals surface area contributed by atoms with Gasteiger partial charge in [0.1, 0.15) is 6.07 Å². The topological polar surface area (TPSA) is 107 Å². The summed E-state index contributed by atoms with van der Waals surface area (Å²) < 4.78 is 32.6. The van der Waals surface area contributed by atoms with Gasteiger partial charge >= 0.3 is 0 Å². The molecule has 1 aliphatic rings. The molecular weight excluding hydrogens is 280 g/mol. The number of nitriles is 1. The molecule has 1 fully saturated rings. The Kier molecular flexibility index (Phi) is 4.33. The van der Waals surface area contributed by atoms with Crippen molar-refractivity contribution >= 4 is 17.2 Å². The Morgan fingerprint density at radius 1 is 1.48 bits per heavy atom. The van der Waals surface area contributed by atoms with E-state index in [0.717, 1.165) is 25.0 Å². The van der Waals surface area contributed by atoms with Gasteiger partial charge in [0.25, 0.3) is 0 Å². The molecule has 6 nitrogen and oxygen atoms in total. The molecular formula is C13H13F2N5O. The van der Waals surface area contributed by atoms with E-state index >= 15 is 0 Å². The third-order valence-corrected chi connectivity index (χ3v) is 2.82. The summed E-state index contributed by atoms with van der Waals surface area (Å²) in [6.07, 6.45) is 2.03. The summed E-state index contributed by atoms with van der Waals surface area (Å²) in [6, 6.07) is 3.56. The number of hydrazone groups is 1. The minimum absolute atomic E-state index is 0.0160. The van der Waals surface area contributed by atoms with Crippen molar-refractivity contribution in [3.63, 3.8) is 0 Å². The van der Waals surface area contributed by atoms with Crippen LogP contribution in [0.25, 0.3) is 0 Å². The smallest absolute Gasteiger partial charge is 0.201 e. The molecule has 0 unspecified atom stereocenters. The molecule has 0 aliphatic heterocycles. The summed E-state index contributed by atoms with van der Waals surface area (Å²) in [5.74, 6) is -2.33. The van der Waals surface area contributed by atoms with Crippen LogP contribution in [-0.4, -0.2) is 18.2 Å². The molecule has 1 aromatic rings. The number of hydrogen-bond donors (Lipinski definition) is 3. The number of nitrogens with one attached hydrogen (secondary N) is 2. The summed E-state index contributed by atoms with van der Waals surface area (Å²) in [6.45, 7) is 0.293. The van der Waals surface area contributed by atoms with Crippen molar-refractivity contribution < 1.29 is 13.5 Å². The maximum Gasteiger partial charge on any atom is 0.201 e. The van der Waals surface area contributed by atoms with Gasteiger partial charge in [-0.05, 0) is 18.8 Å². The minimum Gasteiger partial charge on any atom is -0.487 e. The first kappa shape index (κ1) is 14.7. The lowest BCUT2D eigenvalue weighted by Crippen LogP contribution is -2.21. The summed E-state index contributed by atoms with van der Waals surface area (Å²) in [5, 5.41) is 19.2. The van der Waals surface area contributed by atoms with Crippen molar-refractivity contribution in [2.75, 3.05) is 12.0 Å². The van der Waals surface area contributed by atoms with E-state index < -0.39 is 23.2 Å². The van der Waals surface area contributed by atoms with E-state index in [1.165, 1.54) is 0 Å². The van der Waals surface area contributed by atoms with Crippen LogP contribution in [-0.2, 0) is 0 Å². The van der Waals surface area contributed by atoms with E-state index in [0.29, 0.717) is 12.5 Å². The number of anilines is 1. The fourth-order valence-corrected chi connectivity index (χ4v) is 1.51. The predicted molar refractivity (Wildman–Crippen MR) is 73.2 cm³/mol. The maximum absolute atomic E-state index is 13.8. The van der Waals surface area contributed by atoms with Crippen molar-refractivity contribution in [2.45, 2.75) is 12.8 Å². The molecule has 0 spiro atoms. The van der Waals surface area contributed by atoms with Gasteiger partial charge < -0.3 is 10.5 Å². The van der Waals surface area contributed by atoms with Crippen LogP contribution in [0.15, 0.2) is 17.2 Å². The molecule has 0 aromatic heterocycles. The van der Waals surface area contributed by atoms with Gasteiger partial charge in [0.15, 0.2) is 23.2 Å². The zero-order valence-corrected chi connectivity index (χ0v) is 11.0. The molecule has 21 heavy (non-hydrogen) atoms. The van der Waals surface area contributed by atoms with Gasteiger partial charge in [-0.2, -0.15) is 10.4 Å². The van der Waals surface area contributed by atoms with Gasteiger partial charge in [0.05, 0.1) is 12.3 Å². The summed E-state index contributed by atoms with van der Waals surface area (Å²) in [7, 11) is 0. The highest BCUT2D eigenvalue weighted by atomic mass is 19.1. The Morgan fingerprint density at radius 2 is 2.10 bits per heavy atom. The number of halogens is 2. The second kappa shape index (κ2) is 6.17. The Hall–Kier alpha value is -2.69. The number of rotatable bonds is 6. The van der Waals surface area contributed by atoms with E-state index in [9.17, 15) is 8.78 Å². The fourth-order valence-electron chi connectivity index (χ4n) is 1.51. The number of benzene rings is 1. The van der Waals surface area contributed by atoms with Crippen LogP contribution in [0.3, 0.4) is 0 Å². The van der Waals surface area contributed by atoms with Crippen molar-refractivity contribution in [3.05, 3.63) is 23.8 Å². The Bertz CT molecular complexity index is 611. The van der Waals surface area contributed by atoms with Crippen LogP contribution in [0.4, 0.5) is 14.5 Å². The molecule has 0 atom stereocenters. The van der Waals surface area contributed by atoms with E-state index in [1.807, 2.05) is 0 Å². The highest BCUT2D eigenvalue weighted by Gasteiger charge is 2.23. The van der Waals surface area contributed by atoms with Gasteiger partial charge in [0.2, 0.25) is 5.71 Å². The molecule has 110 valence electrons. The SMILES string of the molecule is N#C/C(=N\Nc1cc(F)c(OCC2CC2)c(F)c1)C(=N)N. The van der Waals surface area contributed by atoms with Gasteiger partial charge in [-0.25, -0.2) is 8.78 Å². The van der Waals surface area contributed by atoms with E-state index in [1.54, 1.807) is 6.07 Å². The monoisotopic (exact) mass is 293 g/mol. The van der Waals surface area contributed by atoms with Gasteiger partial charge in [0, 0.05) is 12.1 Å². The molecule has 1 saturated carbocycles. The highest BCUT2D eigenvalue weighted by molar-refractivity contribution is 6.45. The first-order chi connectivity index (χ1) is 10.0. The standard InChI is InChI=1S/C13H13F2N5O/c14-9-3-8(19-20-11(5-16)13(17)18)4-10(15)12(9)21-6-7-1-2-7/h3-4,7,19H,1-2,6H2,(H3,17,18)/b20-11+. The van der Waals surface area contributed by atoms with Gasteiger partial charge in [-0.1, -0.05) is 0 Å². The molecule has 1 aliphatic carbocycles. The van der Waals surface area contributed by atoms with Crippen LogP contribution in [0.5, 0.6) is 5.75 Å². The zero-order chi connectivity index (χ0) is 15.4. The average Bonchev–Trinajstić information content (AvgIpc) is 3.22. The fraction of sp³-hybridized carbons (Fsp3) is 0.308. The lowest BCUT2D eigenvalue weighted by molar-refractivity contribution is 0.270. The van der Waals surface area contributed by atoms with E-state index in [4.69, 9.17) is 21.1 Å². The van der Waals surface area contributed by atoms with E-state index in [-0.39, 0.29) is 11.4 Å². The number of nitrogens with two attached hydrogens (primary N) is 1. The zero-order valence-electron chi connectivity index (χ0n) is 11.0. The molecule has 1 aromatic carbocycles. The van der Waals surface area contributed by atoms with Crippen LogP contribution < -0.4 is 15.9 Å². The molecule has 0 saturated heterocycles. The summed E-state index contributed by atoms with van der Waals surface area (Å²) in [4.78, 5) is 0. The van der Waals surface area contributed by atoms with Crippen molar-refractivity contribution in [2.24, 2.45) is 16.8 Å². The second-order valence-electron chi connectivity index (χ2n) is 4.62. The number of hydrogen-bond acceptors (Lipinski definition) is 5. The molecule has 0 amide bonds. The lowest BCUT2D eigenvalue weighted by atomic mass is 10.3. The maximum atomic E-state index is 13.8. The largest absolute Gasteiger partial charge is 0.487 e. The number of amidine groups is 1. The van der Waals surface area contributed by atoms with Crippen molar-refractivity contribution in [3.8, 4) is 11.8 Å². The van der Waals surface area contributed by atoms with Gasteiger partial charge in [-0.15, -0.1) is 0 Å². The molecule has 0 bridgehead atoms. The summed E-state index contributed by atoms with van der Waals surface area (Å²) in [5.41, 5.74) is 6.96. The molecule has 4 N–H and O–H groups in total. The Labute approximate surface area is 119 Å². The van der Waals surface area contributed by atoms with Crippen LogP contribution >= 0.6 is 0 Å². The quantitative estimate of drug-likeness (QED) is 0.423. The molecule has 0 heterocycles. The van der Waals surface area contributed by atoms with Crippen LogP contribution in [0, 0.1) is 34.3 Å². The van der Waals surface area contributed by atoms with Crippen LogP contribution in [0.2, 0.25) is 0 Å². The average molecular weight is 293 g/mol. The van der Waals surface area contributed by atoms with E-state index in [2.05, 4.69) is 10.5 Å². The van der Waals surface area contributed by atoms with Gasteiger partial charge in [-0.3, -0.25) is 10.8 Å².